The summed E-state index contributed by atoms with van der Waals surface area (Å²) in [6, 6.07) is 0. The minimum absolute atomic E-state index is 0.0933. The van der Waals surface area contributed by atoms with E-state index in [0.29, 0.717) is 11.7 Å². The lowest BCUT2D eigenvalue weighted by Crippen LogP contribution is -2.20. The van der Waals surface area contributed by atoms with Crippen LogP contribution in [0.1, 0.15) is 6.42 Å². The Bertz CT molecular complexity index is 250. The van der Waals surface area contributed by atoms with Gasteiger partial charge in [0.1, 0.15) is 0 Å². The number of rotatable bonds is 4. The van der Waals surface area contributed by atoms with Crippen molar-refractivity contribution >= 4 is 22.6 Å². The maximum absolute atomic E-state index is 10.2. The van der Waals surface area contributed by atoms with E-state index in [4.69, 9.17) is 5.11 Å². The standard InChI is InChI=1S/C5H8N4O2S/c1-9(3-2-4(10)11)5-6-7-8-12-5/h2-3H2,1H3,(H,10,11). The van der Waals surface area contributed by atoms with Gasteiger partial charge in [-0.15, -0.1) is 0 Å². The van der Waals surface area contributed by atoms with Gasteiger partial charge in [-0.1, -0.05) is 9.59 Å². The summed E-state index contributed by atoms with van der Waals surface area (Å²) in [4.78, 5) is 11.9. The van der Waals surface area contributed by atoms with Crippen molar-refractivity contribution in [2.75, 3.05) is 18.5 Å². The molecule has 0 amide bonds. The zero-order chi connectivity index (χ0) is 8.97. The Labute approximate surface area is 73.0 Å². The van der Waals surface area contributed by atoms with E-state index in [-0.39, 0.29) is 6.42 Å². The first kappa shape index (κ1) is 8.85. The van der Waals surface area contributed by atoms with Crippen molar-refractivity contribution in [1.82, 2.24) is 14.8 Å². The lowest BCUT2D eigenvalue weighted by molar-refractivity contribution is -0.136. The Morgan fingerprint density at radius 3 is 3.00 bits per heavy atom. The first-order valence-electron chi connectivity index (χ1n) is 3.28. The zero-order valence-electron chi connectivity index (χ0n) is 6.47. The number of carboxylic acid groups (broad SMARTS) is 1. The van der Waals surface area contributed by atoms with Gasteiger partial charge in [-0.2, -0.15) is 0 Å². The average Bonchev–Trinajstić information content (AvgIpc) is 2.51. The van der Waals surface area contributed by atoms with Crippen LogP contribution in [0, 0.1) is 0 Å². The first-order chi connectivity index (χ1) is 5.70. The highest BCUT2D eigenvalue weighted by Gasteiger charge is 2.06. The maximum atomic E-state index is 10.2. The molecule has 0 saturated heterocycles. The number of carboxylic acids is 1. The Morgan fingerprint density at radius 2 is 2.50 bits per heavy atom. The smallest absolute Gasteiger partial charge is 0.305 e. The van der Waals surface area contributed by atoms with Gasteiger partial charge < -0.3 is 10.0 Å². The average molecular weight is 188 g/mol. The van der Waals surface area contributed by atoms with Crippen LogP contribution in [-0.2, 0) is 4.79 Å². The highest BCUT2D eigenvalue weighted by Crippen LogP contribution is 2.10. The summed E-state index contributed by atoms with van der Waals surface area (Å²) in [6.07, 6.45) is 0.0933. The Kier molecular flexibility index (Phi) is 2.92. The number of aromatic nitrogens is 3. The number of hydrogen-bond acceptors (Lipinski definition) is 6. The largest absolute Gasteiger partial charge is 0.481 e. The van der Waals surface area contributed by atoms with Gasteiger partial charge in [0.05, 0.1) is 6.42 Å². The second-order valence-corrected chi connectivity index (χ2v) is 2.92. The molecule has 1 aromatic heterocycles. The molecule has 0 radical (unpaired) electrons. The minimum atomic E-state index is -0.820. The number of hydrogen-bond donors (Lipinski definition) is 1. The molecule has 0 spiro atoms. The van der Waals surface area contributed by atoms with Crippen LogP contribution in [0.15, 0.2) is 0 Å². The van der Waals surface area contributed by atoms with Gasteiger partial charge in [0.25, 0.3) is 0 Å². The number of aliphatic carboxylic acids is 1. The molecule has 0 bridgehead atoms. The summed E-state index contributed by atoms with van der Waals surface area (Å²) in [6.45, 7) is 0.423. The van der Waals surface area contributed by atoms with Crippen LogP contribution < -0.4 is 4.90 Å². The van der Waals surface area contributed by atoms with Crippen LogP contribution in [0.3, 0.4) is 0 Å². The van der Waals surface area contributed by atoms with Crippen LogP contribution in [0.2, 0.25) is 0 Å². The third-order valence-corrected chi connectivity index (χ3v) is 1.99. The van der Waals surface area contributed by atoms with E-state index in [1.165, 1.54) is 0 Å². The molecule has 6 nitrogen and oxygen atoms in total. The van der Waals surface area contributed by atoms with E-state index in [0.717, 1.165) is 11.5 Å². The second kappa shape index (κ2) is 3.96. The molecule has 0 atom stereocenters. The molecule has 1 heterocycles. The van der Waals surface area contributed by atoms with Gasteiger partial charge in [-0.3, -0.25) is 4.79 Å². The summed E-state index contributed by atoms with van der Waals surface area (Å²) in [7, 11) is 1.76. The van der Waals surface area contributed by atoms with E-state index >= 15 is 0 Å². The fraction of sp³-hybridized carbons (Fsp3) is 0.600. The summed E-state index contributed by atoms with van der Waals surface area (Å²) in [5, 5.41) is 16.1. The molecule has 7 heteroatoms. The lowest BCUT2D eigenvalue weighted by Gasteiger charge is -2.11. The van der Waals surface area contributed by atoms with Crippen LogP contribution in [0.4, 0.5) is 5.13 Å². The van der Waals surface area contributed by atoms with E-state index in [1.54, 1.807) is 11.9 Å². The van der Waals surface area contributed by atoms with Crippen molar-refractivity contribution in [3.05, 3.63) is 0 Å². The maximum Gasteiger partial charge on any atom is 0.305 e. The van der Waals surface area contributed by atoms with Crippen molar-refractivity contribution in [2.45, 2.75) is 6.42 Å². The molecular formula is C5H8N4O2S. The molecule has 0 unspecified atom stereocenters. The van der Waals surface area contributed by atoms with Crippen LogP contribution in [0.5, 0.6) is 0 Å². The number of anilines is 1. The normalized spacial score (nSPS) is 9.75. The predicted molar refractivity (Wildman–Crippen MR) is 43.2 cm³/mol. The van der Waals surface area contributed by atoms with Gasteiger partial charge in [0.15, 0.2) is 0 Å². The summed E-state index contributed by atoms with van der Waals surface area (Å²) in [5.74, 6) is -0.820. The third-order valence-electron chi connectivity index (χ3n) is 1.28. The summed E-state index contributed by atoms with van der Waals surface area (Å²) in [5.41, 5.74) is 0. The van der Waals surface area contributed by atoms with Crippen LogP contribution in [0.25, 0.3) is 0 Å². The third kappa shape index (κ3) is 2.42. The SMILES string of the molecule is CN(CCC(=O)O)c1nnns1. The summed E-state index contributed by atoms with van der Waals surface area (Å²) >= 11 is 1.14. The Balaban J connectivity index is 2.39. The molecule has 1 aromatic rings. The monoisotopic (exact) mass is 188 g/mol. The van der Waals surface area contributed by atoms with Crippen LogP contribution >= 0.6 is 11.5 Å². The molecular weight excluding hydrogens is 180 g/mol. The summed E-state index contributed by atoms with van der Waals surface area (Å²) < 4.78 is 3.56. The Morgan fingerprint density at radius 1 is 1.75 bits per heavy atom. The van der Waals surface area contributed by atoms with Gasteiger partial charge in [-0.05, 0) is 5.21 Å². The van der Waals surface area contributed by atoms with Crippen molar-refractivity contribution in [1.29, 1.82) is 0 Å². The van der Waals surface area contributed by atoms with E-state index in [2.05, 4.69) is 14.8 Å². The molecule has 66 valence electrons. The van der Waals surface area contributed by atoms with Crippen molar-refractivity contribution in [2.24, 2.45) is 0 Å². The van der Waals surface area contributed by atoms with E-state index in [9.17, 15) is 4.79 Å². The number of carbonyl (C=O) groups is 1. The van der Waals surface area contributed by atoms with Crippen LogP contribution in [-0.4, -0.2) is 39.5 Å². The topological polar surface area (TPSA) is 79.2 Å². The molecule has 0 aromatic carbocycles. The highest BCUT2D eigenvalue weighted by atomic mass is 32.1. The molecule has 12 heavy (non-hydrogen) atoms. The molecule has 0 aliphatic heterocycles. The fourth-order valence-corrected chi connectivity index (χ4v) is 1.08. The van der Waals surface area contributed by atoms with Gasteiger partial charge >= 0.3 is 5.97 Å². The zero-order valence-corrected chi connectivity index (χ0v) is 7.28. The molecule has 0 aliphatic carbocycles. The molecule has 0 saturated carbocycles. The van der Waals surface area contributed by atoms with Crippen molar-refractivity contribution < 1.29 is 9.90 Å². The van der Waals surface area contributed by atoms with Gasteiger partial charge in [0.2, 0.25) is 5.13 Å². The molecule has 1 N–H and O–H groups in total. The van der Waals surface area contributed by atoms with Gasteiger partial charge in [0, 0.05) is 25.1 Å². The lowest BCUT2D eigenvalue weighted by atomic mass is 10.4. The van der Waals surface area contributed by atoms with E-state index < -0.39 is 5.97 Å². The highest BCUT2D eigenvalue weighted by molar-refractivity contribution is 7.09. The first-order valence-corrected chi connectivity index (χ1v) is 4.05. The van der Waals surface area contributed by atoms with E-state index in [1.807, 2.05) is 0 Å². The van der Waals surface area contributed by atoms with Crippen molar-refractivity contribution in [3.8, 4) is 0 Å². The predicted octanol–water partition coefficient (Wildman–Crippen LogP) is -0.156. The van der Waals surface area contributed by atoms with Crippen molar-refractivity contribution in [3.63, 3.8) is 0 Å². The second-order valence-electron chi connectivity index (χ2n) is 2.21. The fourth-order valence-electron chi connectivity index (χ4n) is 0.635. The molecule has 0 fully saturated rings. The Hall–Kier alpha value is -1.24. The quantitative estimate of drug-likeness (QED) is 0.707. The van der Waals surface area contributed by atoms with Gasteiger partial charge in [-0.25, -0.2) is 0 Å². The molecule has 1 rings (SSSR count). The minimum Gasteiger partial charge on any atom is -0.481 e. The molecule has 0 aliphatic rings. The number of nitrogens with zero attached hydrogens (tertiary/aromatic N) is 4.